The number of aromatic nitrogens is 2. The molecule has 0 radical (unpaired) electrons. The van der Waals surface area contributed by atoms with E-state index in [1.165, 1.54) is 0 Å². The number of benzene rings is 2. The van der Waals surface area contributed by atoms with E-state index in [0.29, 0.717) is 17.5 Å². The molecule has 3 aromatic rings. The molecule has 30 heavy (non-hydrogen) atoms. The van der Waals surface area contributed by atoms with Crippen LogP contribution in [0.5, 0.6) is 0 Å². The average molecular weight is 406 g/mol. The van der Waals surface area contributed by atoms with Crippen LogP contribution in [0, 0.1) is 10.8 Å². The summed E-state index contributed by atoms with van der Waals surface area (Å²) in [5.41, 5.74) is 14.7. The number of nitrogens with one attached hydrogen (secondary N) is 2. The zero-order valence-corrected chi connectivity index (χ0v) is 17.1. The molecule has 0 spiro atoms. The smallest absolute Gasteiger partial charge is 0.315 e. The highest BCUT2D eigenvalue weighted by Gasteiger charge is 2.32. The summed E-state index contributed by atoms with van der Waals surface area (Å²) in [5, 5.41) is 15.5. The maximum Gasteiger partial charge on any atom is 0.315 e. The van der Waals surface area contributed by atoms with Gasteiger partial charge in [-0.3, -0.25) is 15.6 Å². The first-order valence-corrected chi connectivity index (χ1v) is 9.79. The molecule has 0 aliphatic heterocycles. The van der Waals surface area contributed by atoms with Crippen LogP contribution in [0.2, 0.25) is 0 Å². The van der Waals surface area contributed by atoms with Crippen LogP contribution >= 0.6 is 0 Å². The van der Waals surface area contributed by atoms with E-state index in [0.717, 1.165) is 16.6 Å². The van der Waals surface area contributed by atoms with E-state index < -0.39 is 5.92 Å². The number of hydrogen-bond donors (Lipinski definition) is 4. The van der Waals surface area contributed by atoms with Gasteiger partial charge in [-0.1, -0.05) is 25.1 Å². The Morgan fingerprint density at radius 1 is 1.10 bits per heavy atom. The second-order valence-corrected chi connectivity index (χ2v) is 7.01. The third kappa shape index (κ3) is 4.03. The van der Waals surface area contributed by atoms with Gasteiger partial charge in [0.2, 0.25) is 0 Å². The average Bonchev–Trinajstić information content (AvgIpc) is 3.15. The Morgan fingerprint density at radius 3 is 2.43 bits per heavy atom. The molecular formula is C22H26N6O2. The van der Waals surface area contributed by atoms with Crippen LogP contribution in [0.3, 0.4) is 0 Å². The zero-order valence-electron chi connectivity index (χ0n) is 17.1. The number of fused-ring (bicyclic) bond motifs is 1. The summed E-state index contributed by atoms with van der Waals surface area (Å²) in [5.74, 6) is -1.07. The fourth-order valence-electron chi connectivity index (χ4n) is 3.70. The summed E-state index contributed by atoms with van der Waals surface area (Å²) in [4.78, 5) is 17.5. The Kier molecular flexibility index (Phi) is 6.15. The number of carbonyl (C=O) groups excluding carboxylic acids is 1. The zero-order chi connectivity index (χ0) is 21.8. The van der Waals surface area contributed by atoms with E-state index in [9.17, 15) is 4.79 Å². The molecule has 0 amide bonds. The molecule has 0 bridgehead atoms. The van der Waals surface area contributed by atoms with Crippen LogP contribution < -0.4 is 11.5 Å². The lowest BCUT2D eigenvalue weighted by Crippen LogP contribution is -2.26. The highest BCUT2D eigenvalue weighted by Crippen LogP contribution is 2.35. The van der Waals surface area contributed by atoms with Gasteiger partial charge in [0.05, 0.1) is 30.0 Å². The first-order chi connectivity index (χ1) is 14.4. The molecule has 2 aromatic carbocycles. The number of imidazole rings is 1. The van der Waals surface area contributed by atoms with Gasteiger partial charge in [0, 0.05) is 11.1 Å². The van der Waals surface area contributed by atoms with E-state index in [2.05, 4.69) is 4.98 Å². The second kappa shape index (κ2) is 8.77. The van der Waals surface area contributed by atoms with Crippen molar-refractivity contribution < 1.29 is 9.53 Å². The number of rotatable bonds is 8. The summed E-state index contributed by atoms with van der Waals surface area (Å²) in [6, 6.07) is 12.2. The second-order valence-electron chi connectivity index (χ2n) is 7.01. The van der Waals surface area contributed by atoms with Crippen molar-refractivity contribution in [1.29, 1.82) is 10.8 Å². The van der Waals surface area contributed by atoms with Crippen LogP contribution in [0.1, 0.15) is 48.9 Å². The molecule has 2 unspecified atom stereocenters. The van der Waals surface area contributed by atoms with Gasteiger partial charge in [0.15, 0.2) is 0 Å². The molecular weight excluding hydrogens is 380 g/mol. The molecule has 0 aliphatic rings. The summed E-state index contributed by atoms with van der Waals surface area (Å²) in [7, 11) is 0. The molecule has 2 atom stereocenters. The number of esters is 1. The predicted molar refractivity (Wildman–Crippen MR) is 117 cm³/mol. The number of hydrogen-bond acceptors (Lipinski definition) is 5. The van der Waals surface area contributed by atoms with Crippen LogP contribution in [-0.2, 0) is 9.53 Å². The van der Waals surface area contributed by atoms with Crippen molar-refractivity contribution in [3.63, 3.8) is 0 Å². The van der Waals surface area contributed by atoms with Crippen molar-refractivity contribution in [2.75, 3.05) is 6.61 Å². The topological polar surface area (TPSA) is 144 Å². The fraction of sp³-hybridized carbons (Fsp3) is 0.273. The maximum absolute atomic E-state index is 13.0. The quantitative estimate of drug-likeness (QED) is 0.258. The van der Waals surface area contributed by atoms with E-state index >= 15 is 0 Å². The van der Waals surface area contributed by atoms with Crippen LogP contribution in [-0.4, -0.2) is 33.8 Å². The minimum Gasteiger partial charge on any atom is -0.465 e. The van der Waals surface area contributed by atoms with Gasteiger partial charge in [0.25, 0.3) is 0 Å². The van der Waals surface area contributed by atoms with E-state index in [1.807, 2.05) is 29.7 Å². The molecule has 1 heterocycles. The molecule has 0 saturated carbocycles. The lowest BCUT2D eigenvalue weighted by molar-refractivity contribution is -0.146. The fourth-order valence-corrected chi connectivity index (χ4v) is 3.70. The molecule has 0 saturated heterocycles. The van der Waals surface area contributed by atoms with Gasteiger partial charge in [-0.2, -0.15) is 0 Å². The van der Waals surface area contributed by atoms with E-state index in [4.69, 9.17) is 27.0 Å². The minimum absolute atomic E-state index is 0.0335. The van der Waals surface area contributed by atoms with Crippen LogP contribution in [0.25, 0.3) is 11.0 Å². The Bertz CT molecular complexity index is 1100. The van der Waals surface area contributed by atoms with Crippen molar-refractivity contribution in [2.45, 2.75) is 32.2 Å². The van der Waals surface area contributed by atoms with E-state index in [-0.39, 0.29) is 30.3 Å². The Hall–Kier alpha value is -3.68. The summed E-state index contributed by atoms with van der Waals surface area (Å²) in [6.07, 6.45) is 2.33. The molecule has 0 fully saturated rings. The van der Waals surface area contributed by atoms with Gasteiger partial charge in [-0.25, -0.2) is 4.98 Å². The number of carbonyl (C=O) groups is 1. The summed E-state index contributed by atoms with van der Waals surface area (Å²) < 4.78 is 7.34. The van der Waals surface area contributed by atoms with Gasteiger partial charge >= 0.3 is 5.97 Å². The Labute approximate surface area is 174 Å². The monoisotopic (exact) mass is 406 g/mol. The Balaban J connectivity index is 2.16. The molecule has 0 aliphatic carbocycles. The molecule has 1 aromatic heterocycles. The standard InChI is InChI=1S/C22H26N6O2/c1-3-17(28-12-27-16-9-8-15(21(25)26)11-18(16)28)19(22(29)30-4-2)13-6-5-7-14(10-13)20(23)24/h5-12,17,19H,3-4H2,1-2H3,(H3,23,24)(H3,25,26). The number of nitrogens with two attached hydrogens (primary N) is 2. The highest BCUT2D eigenvalue weighted by molar-refractivity contribution is 5.98. The van der Waals surface area contributed by atoms with Gasteiger partial charge in [0.1, 0.15) is 17.6 Å². The van der Waals surface area contributed by atoms with Crippen molar-refractivity contribution in [2.24, 2.45) is 11.5 Å². The SMILES string of the molecule is CCOC(=O)C(c1cccc(C(=N)N)c1)C(CC)n1cnc2ccc(C(=N)N)cc21. The summed E-state index contributed by atoms with van der Waals surface area (Å²) in [6.45, 7) is 4.03. The van der Waals surface area contributed by atoms with Gasteiger partial charge in [-0.15, -0.1) is 0 Å². The van der Waals surface area contributed by atoms with Crippen molar-refractivity contribution in [3.05, 3.63) is 65.5 Å². The highest BCUT2D eigenvalue weighted by atomic mass is 16.5. The minimum atomic E-state index is -0.618. The largest absolute Gasteiger partial charge is 0.465 e. The van der Waals surface area contributed by atoms with Gasteiger partial charge in [-0.05, 0) is 43.2 Å². The van der Waals surface area contributed by atoms with Crippen LogP contribution in [0.15, 0.2) is 48.8 Å². The third-order valence-corrected chi connectivity index (χ3v) is 5.14. The van der Waals surface area contributed by atoms with Crippen molar-refractivity contribution in [1.82, 2.24) is 9.55 Å². The van der Waals surface area contributed by atoms with Gasteiger partial charge < -0.3 is 20.8 Å². The molecule has 8 nitrogen and oxygen atoms in total. The maximum atomic E-state index is 13.0. The van der Waals surface area contributed by atoms with E-state index in [1.54, 1.807) is 37.5 Å². The molecule has 6 N–H and O–H groups in total. The Morgan fingerprint density at radius 2 is 1.80 bits per heavy atom. The molecule has 156 valence electrons. The van der Waals surface area contributed by atoms with Crippen molar-refractivity contribution in [3.8, 4) is 0 Å². The number of nitrogen functional groups attached to an aromatic ring is 2. The lowest BCUT2D eigenvalue weighted by Gasteiger charge is -2.27. The number of ether oxygens (including phenoxy) is 1. The summed E-state index contributed by atoms with van der Waals surface area (Å²) >= 11 is 0. The molecule has 8 heteroatoms. The van der Waals surface area contributed by atoms with Crippen LogP contribution in [0.4, 0.5) is 0 Å². The first-order valence-electron chi connectivity index (χ1n) is 9.79. The molecule has 3 rings (SSSR count). The van der Waals surface area contributed by atoms with Crippen molar-refractivity contribution >= 4 is 28.7 Å². The lowest BCUT2D eigenvalue weighted by atomic mass is 9.88. The normalized spacial score (nSPS) is 13.0. The predicted octanol–water partition coefficient (Wildman–Crippen LogP) is 2.90. The number of amidine groups is 2. The third-order valence-electron chi connectivity index (χ3n) is 5.14. The first kappa shape index (κ1) is 21.0. The number of nitrogens with zero attached hydrogens (tertiary/aromatic N) is 2.